The number of halogens is 1. The van der Waals surface area contributed by atoms with E-state index in [0.717, 1.165) is 17.0 Å². The zero-order valence-electron chi connectivity index (χ0n) is 14.2. The first-order chi connectivity index (χ1) is 11.5. The molecule has 2 aromatic carbocycles. The number of ether oxygens (including phenoxy) is 1. The number of hydrogen-bond acceptors (Lipinski definition) is 6. The van der Waals surface area contributed by atoms with Gasteiger partial charge in [0.05, 0.1) is 0 Å². The van der Waals surface area contributed by atoms with Crippen LogP contribution in [-0.4, -0.2) is 17.6 Å². The predicted molar refractivity (Wildman–Crippen MR) is 104 cm³/mol. The van der Waals surface area contributed by atoms with Crippen LogP contribution in [0.2, 0.25) is 0 Å². The van der Waals surface area contributed by atoms with Gasteiger partial charge >= 0.3 is 0 Å². The average molecular weight is 360 g/mol. The van der Waals surface area contributed by atoms with Crippen molar-refractivity contribution in [2.75, 3.05) is 4.90 Å². The molecule has 2 aromatic rings. The van der Waals surface area contributed by atoms with E-state index in [1.54, 1.807) is 0 Å². The summed E-state index contributed by atoms with van der Waals surface area (Å²) in [5.74, 6) is 1.30. The maximum absolute atomic E-state index is 6.03. The quantitative estimate of drug-likeness (QED) is 0.878. The molecule has 3 rings (SSSR count). The highest BCUT2D eigenvalue weighted by atomic mass is 35.5. The summed E-state index contributed by atoms with van der Waals surface area (Å²) in [5.41, 5.74) is 13.1. The highest BCUT2D eigenvalue weighted by Crippen LogP contribution is 2.29. The van der Waals surface area contributed by atoms with Crippen LogP contribution in [0.5, 0.6) is 5.75 Å². The Hall–Kier alpha value is -2.73. The van der Waals surface area contributed by atoms with Gasteiger partial charge in [0.1, 0.15) is 18.0 Å². The molecule has 0 amide bonds. The molecule has 1 aliphatic rings. The minimum atomic E-state index is -0.595. The third kappa shape index (κ3) is 4.22. The molecule has 6 nitrogen and oxygen atoms in total. The number of hydrogen-bond donors (Lipinski definition) is 2. The van der Waals surface area contributed by atoms with Crippen molar-refractivity contribution in [1.82, 2.24) is 0 Å². The van der Waals surface area contributed by atoms with E-state index >= 15 is 0 Å². The van der Waals surface area contributed by atoms with Crippen molar-refractivity contribution in [2.45, 2.75) is 26.1 Å². The van der Waals surface area contributed by atoms with Crippen LogP contribution in [0.25, 0.3) is 0 Å². The second-order valence-electron chi connectivity index (χ2n) is 6.04. The molecule has 0 bridgehead atoms. The molecule has 1 heterocycles. The molecular formula is C18H22ClN5O. The molecule has 4 N–H and O–H groups in total. The van der Waals surface area contributed by atoms with Gasteiger partial charge in [0.2, 0.25) is 11.9 Å². The Morgan fingerprint density at radius 2 is 1.64 bits per heavy atom. The van der Waals surface area contributed by atoms with Gasteiger partial charge in [0.25, 0.3) is 0 Å². The van der Waals surface area contributed by atoms with Crippen molar-refractivity contribution in [3.05, 3.63) is 60.2 Å². The SMILES string of the molecule is CC1(C)N=C(N)N=C(N)N1c1ccc(OCc2ccccc2)cc1.Cl. The molecule has 1 aliphatic heterocycles. The Morgan fingerprint density at radius 1 is 1.00 bits per heavy atom. The molecule has 7 heteroatoms. The molecular weight excluding hydrogens is 338 g/mol. The van der Waals surface area contributed by atoms with Gasteiger partial charge in [-0.05, 0) is 43.7 Å². The first-order valence-corrected chi connectivity index (χ1v) is 7.72. The summed E-state index contributed by atoms with van der Waals surface area (Å²) in [5, 5.41) is 0. The normalized spacial score (nSPS) is 15.7. The van der Waals surface area contributed by atoms with Crippen LogP contribution < -0.4 is 21.1 Å². The van der Waals surface area contributed by atoms with E-state index in [1.807, 2.05) is 73.3 Å². The molecule has 0 unspecified atom stereocenters. The lowest BCUT2D eigenvalue weighted by atomic mass is 10.1. The van der Waals surface area contributed by atoms with Crippen molar-refractivity contribution in [3.8, 4) is 5.75 Å². The second kappa shape index (κ2) is 7.44. The number of rotatable bonds is 4. The van der Waals surface area contributed by atoms with E-state index in [9.17, 15) is 0 Å². The second-order valence-corrected chi connectivity index (χ2v) is 6.04. The number of aliphatic imine (C=N–C) groups is 2. The smallest absolute Gasteiger partial charge is 0.220 e. The van der Waals surface area contributed by atoms with Crippen molar-refractivity contribution >= 4 is 30.0 Å². The lowest BCUT2D eigenvalue weighted by Crippen LogP contribution is -2.54. The van der Waals surface area contributed by atoms with Crippen LogP contribution >= 0.6 is 12.4 Å². The van der Waals surface area contributed by atoms with Crippen molar-refractivity contribution in [2.24, 2.45) is 21.5 Å². The van der Waals surface area contributed by atoms with Gasteiger partial charge in [0, 0.05) is 5.69 Å². The summed E-state index contributed by atoms with van der Waals surface area (Å²) in [6, 6.07) is 17.7. The first kappa shape index (κ1) is 18.6. The number of nitrogens with zero attached hydrogens (tertiary/aromatic N) is 3. The maximum Gasteiger partial charge on any atom is 0.220 e. The highest BCUT2D eigenvalue weighted by molar-refractivity contribution is 6.05. The summed E-state index contributed by atoms with van der Waals surface area (Å²) < 4.78 is 5.80. The molecule has 0 saturated carbocycles. The molecule has 0 saturated heterocycles. The Balaban J connectivity index is 0.00000225. The Kier molecular flexibility index (Phi) is 5.54. The Labute approximate surface area is 153 Å². The van der Waals surface area contributed by atoms with Crippen LogP contribution in [0, 0.1) is 0 Å². The molecule has 0 aromatic heterocycles. The molecule has 0 radical (unpaired) electrons. The Morgan fingerprint density at radius 3 is 2.24 bits per heavy atom. The summed E-state index contributed by atoms with van der Waals surface area (Å²) >= 11 is 0. The fourth-order valence-electron chi connectivity index (χ4n) is 2.68. The van der Waals surface area contributed by atoms with Gasteiger partial charge in [-0.1, -0.05) is 30.3 Å². The van der Waals surface area contributed by atoms with E-state index in [0.29, 0.717) is 12.6 Å². The largest absolute Gasteiger partial charge is 0.489 e. The molecule has 0 atom stereocenters. The predicted octanol–water partition coefficient (Wildman–Crippen LogP) is 2.87. The molecule has 0 aliphatic carbocycles. The monoisotopic (exact) mass is 359 g/mol. The molecule has 132 valence electrons. The lowest BCUT2D eigenvalue weighted by Gasteiger charge is -2.38. The van der Waals surface area contributed by atoms with E-state index < -0.39 is 5.66 Å². The summed E-state index contributed by atoms with van der Waals surface area (Å²) in [7, 11) is 0. The number of benzene rings is 2. The minimum absolute atomic E-state index is 0. The van der Waals surface area contributed by atoms with E-state index in [4.69, 9.17) is 16.2 Å². The fourth-order valence-corrected chi connectivity index (χ4v) is 2.68. The van der Waals surface area contributed by atoms with Gasteiger partial charge in [-0.25, -0.2) is 4.99 Å². The molecule has 25 heavy (non-hydrogen) atoms. The number of nitrogens with two attached hydrogens (primary N) is 2. The topological polar surface area (TPSA) is 89.2 Å². The van der Waals surface area contributed by atoms with Gasteiger partial charge < -0.3 is 16.2 Å². The lowest BCUT2D eigenvalue weighted by molar-refractivity contribution is 0.306. The minimum Gasteiger partial charge on any atom is -0.489 e. The van der Waals surface area contributed by atoms with Crippen LogP contribution in [0.1, 0.15) is 19.4 Å². The van der Waals surface area contributed by atoms with Crippen LogP contribution in [-0.2, 0) is 6.61 Å². The molecule has 0 fully saturated rings. The van der Waals surface area contributed by atoms with Crippen LogP contribution in [0.3, 0.4) is 0 Å². The van der Waals surface area contributed by atoms with E-state index in [-0.39, 0.29) is 18.4 Å². The van der Waals surface area contributed by atoms with Crippen molar-refractivity contribution < 1.29 is 4.74 Å². The molecule has 0 spiro atoms. The fraction of sp³-hybridized carbons (Fsp3) is 0.222. The van der Waals surface area contributed by atoms with Crippen LogP contribution in [0.4, 0.5) is 5.69 Å². The first-order valence-electron chi connectivity index (χ1n) is 7.72. The van der Waals surface area contributed by atoms with Gasteiger partial charge in [-0.3, -0.25) is 4.90 Å². The summed E-state index contributed by atoms with van der Waals surface area (Å²) in [6.07, 6.45) is 0. The number of anilines is 1. The van der Waals surface area contributed by atoms with E-state index in [2.05, 4.69) is 9.98 Å². The number of guanidine groups is 2. The Bertz CT molecular complexity index is 772. The van der Waals surface area contributed by atoms with Crippen molar-refractivity contribution in [3.63, 3.8) is 0 Å². The van der Waals surface area contributed by atoms with Gasteiger partial charge in [-0.15, -0.1) is 12.4 Å². The standard InChI is InChI=1S/C18H21N5O.ClH/c1-18(2)22-16(19)21-17(20)23(18)14-8-10-15(11-9-14)24-12-13-6-4-3-5-7-13;/h3-11H,12H2,1-2H3,(H4,19,20,21,22);1H. The summed E-state index contributed by atoms with van der Waals surface area (Å²) in [4.78, 5) is 10.2. The zero-order chi connectivity index (χ0) is 17.2. The third-order valence-corrected chi connectivity index (χ3v) is 3.74. The average Bonchev–Trinajstić information content (AvgIpc) is 2.53. The van der Waals surface area contributed by atoms with E-state index in [1.165, 1.54) is 0 Å². The summed E-state index contributed by atoms with van der Waals surface area (Å²) in [6.45, 7) is 4.39. The van der Waals surface area contributed by atoms with Gasteiger partial charge in [-0.2, -0.15) is 4.99 Å². The van der Waals surface area contributed by atoms with Crippen molar-refractivity contribution in [1.29, 1.82) is 0 Å². The highest BCUT2D eigenvalue weighted by Gasteiger charge is 2.32. The van der Waals surface area contributed by atoms with Crippen LogP contribution in [0.15, 0.2) is 64.6 Å². The maximum atomic E-state index is 6.03. The zero-order valence-corrected chi connectivity index (χ0v) is 15.0. The third-order valence-electron chi connectivity index (χ3n) is 3.74. The van der Waals surface area contributed by atoms with Gasteiger partial charge in [0.15, 0.2) is 0 Å².